The van der Waals surface area contributed by atoms with Crippen LogP contribution in [0.4, 0.5) is 0 Å². The van der Waals surface area contributed by atoms with E-state index in [1.54, 1.807) is 0 Å². The van der Waals surface area contributed by atoms with E-state index in [1.807, 2.05) is 0 Å². The van der Waals surface area contributed by atoms with Gasteiger partial charge >= 0.3 is 0 Å². The predicted octanol–water partition coefficient (Wildman–Crippen LogP) is 6.12. The molecular formula is C31H47BO3Si2. The molecule has 2 radical (unpaired) electrons. The van der Waals surface area contributed by atoms with E-state index in [0.29, 0.717) is 12.5 Å². The average Bonchev–Trinajstić information content (AvgIpc) is 3.18. The van der Waals surface area contributed by atoms with Crippen molar-refractivity contribution >= 4 is 34.9 Å². The van der Waals surface area contributed by atoms with Crippen LogP contribution in [0.3, 0.4) is 0 Å². The first kappa shape index (κ1) is 28.8. The summed E-state index contributed by atoms with van der Waals surface area (Å²) in [7, 11) is 1.90. The summed E-state index contributed by atoms with van der Waals surface area (Å²) in [5, 5.41) is 2.57. The number of rotatable bonds is 7. The van der Waals surface area contributed by atoms with Crippen molar-refractivity contribution in [1.29, 1.82) is 0 Å². The highest BCUT2D eigenvalue weighted by molar-refractivity contribution is 6.99. The van der Waals surface area contributed by atoms with Gasteiger partial charge in [0.25, 0.3) is 8.32 Å². The Kier molecular flexibility index (Phi) is 7.62. The lowest BCUT2D eigenvalue weighted by Crippen LogP contribution is -2.68. The van der Waals surface area contributed by atoms with Crippen LogP contribution in [-0.2, 0) is 13.6 Å². The minimum absolute atomic E-state index is 0.0633. The van der Waals surface area contributed by atoms with Gasteiger partial charge in [-0.2, -0.15) is 0 Å². The van der Waals surface area contributed by atoms with Crippen molar-refractivity contribution in [3.05, 3.63) is 60.7 Å². The maximum atomic E-state index is 7.46. The van der Waals surface area contributed by atoms with Crippen molar-refractivity contribution in [2.24, 2.45) is 17.8 Å². The Morgan fingerprint density at radius 2 is 1.32 bits per heavy atom. The van der Waals surface area contributed by atoms with Crippen LogP contribution >= 0.6 is 0 Å². The predicted molar refractivity (Wildman–Crippen MR) is 161 cm³/mol. The fraction of sp³-hybridized carbons (Fsp3) is 0.613. The van der Waals surface area contributed by atoms with Crippen LogP contribution < -0.4 is 10.4 Å². The molecule has 6 heteroatoms. The normalized spacial score (nSPS) is 30.6. The molecule has 6 atom stereocenters. The van der Waals surface area contributed by atoms with Crippen LogP contribution in [0.25, 0.3) is 0 Å². The van der Waals surface area contributed by atoms with Gasteiger partial charge in [0.2, 0.25) is 0 Å². The van der Waals surface area contributed by atoms with Crippen molar-refractivity contribution in [2.75, 3.05) is 6.61 Å². The zero-order valence-corrected chi connectivity index (χ0v) is 26.7. The van der Waals surface area contributed by atoms with Gasteiger partial charge in [-0.15, -0.1) is 0 Å². The minimum atomic E-state index is -2.73. The fourth-order valence-corrected chi connectivity index (χ4v) is 12.5. The maximum absolute atomic E-state index is 7.46. The third-order valence-corrected chi connectivity index (χ3v) is 19.3. The SMILES string of the molecule is [B][C@@H]1O[C@@]2(CO[Si](c3ccccc3)(c3ccccc3)C(C)(C)C)C(C)C(C)[C@@H]1[C@@H]2O[Si](C)(C)C(C)(C)C. The third-order valence-electron chi connectivity index (χ3n) is 9.89. The lowest BCUT2D eigenvalue weighted by atomic mass is 9.77. The van der Waals surface area contributed by atoms with E-state index in [2.05, 4.69) is 129 Å². The molecule has 1 aliphatic heterocycles. The first-order valence-corrected chi connectivity index (χ1v) is 18.8. The van der Waals surface area contributed by atoms with E-state index in [4.69, 9.17) is 21.4 Å². The summed E-state index contributed by atoms with van der Waals surface area (Å²) in [6.07, 6.45) is -0.0633. The number of hydrogen-bond acceptors (Lipinski definition) is 3. The zero-order valence-electron chi connectivity index (χ0n) is 24.7. The molecule has 1 saturated carbocycles. The molecule has 1 aliphatic carbocycles. The standard InChI is InChI=1S/C31H47BO3Si2/c1-22-23(2)31(27(26(22)28(32)34-31)35-36(9,10)29(3,4)5)21-33-37(30(6,7)8,24-17-13-11-14-18-24)25-19-15-12-16-20-25/h11-20,22-23,26-28H,21H2,1-10H3/t22?,23?,26-,27+,28-,31+/m1/s1. The number of fused-ring (bicyclic) bond motifs is 2. The quantitative estimate of drug-likeness (QED) is 0.401. The smallest absolute Gasteiger partial charge is 0.261 e. The molecule has 2 aliphatic rings. The average molecular weight is 535 g/mol. The van der Waals surface area contributed by atoms with Gasteiger partial charge in [0.15, 0.2) is 8.32 Å². The van der Waals surface area contributed by atoms with Gasteiger partial charge in [-0.1, -0.05) is 116 Å². The first-order valence-electron chi connectivity index (χ1n) is 13.9. The van der Waals surface area contributed by atoms with Gasteiger partial charge in [0.05, 0.1) is 12.7 Å². The molecular weight excluding hydrogens is 487 g/mol. The van der Waals surface area contributed by atoms with Crippen molar-refractivity contribution < 1.29 is 13.6 Å². The molecule has 1 heterocycles. The van der Waals surface area contributed by atoms with Gasteiger partial charge in [-0.05, 0) is 45.4 Å². The van der Waals surface area contributed by atoms with E-state index in [9.17, 15) is 0 Å². The summed E-state index contributed by atoms with van der Waals surface area (Å²) in [5.74, 6) is 0.860. The van der Waals surface area contributed by atoms with Gasteiger partial charge in [-0.25, -0.2) is 0 Å². The summed E-state index contributed by atoms with van der Waals surface area (Å²) in [4.78, 5) is 0. The highest BCUT2D eigenvalue weighted by Crippen LogP contribution is 2.58. The monoisotopic (exact) mass is 534 g/mol. The Morgan fingerprint density at radius 3 is 1.76 bits per heavy atom. The molecule has 2 bridgehead atoms. The second kappa shape index (κ2) is 9.78. The van der Waals surface area contributed by atoms with E-state index in [0.717, 1.165) is 0 Å². The summed E-state index contributed by atoms with van der Waals surface area (Å²) in [6.45, 7) is 23.7. The molecule has 2 aromatic rings. The lowest BCUT2D eigenvalue weighted by Gasteiger charge is -2.48. The highest BCUT2D eigenvalue weighted by atomic mass is 28.4. The largest absolute Gasteiger partial charge is 0.411 e. The van der Waals surface area contributed by atoms with Crippen LogP contribution in [0.1, 0.15) is 55.4 Å². The van der Waals surface area contributed by atoms with Crippen molar-refractivity contribution in [3.8, 4) is 0 Å². The third kappa shape index (κ3) is 4.65. The van der Waals surface area contributed by atoms with Crippen LogP contribution in [-0.4, -0.2) is 48.8 Å². The second-order valence-electron chi connectivity index (χ2n) is 14.0. The maximum Gasteiger partial charge on any atom is 0.261 e. The van der Waals surface area contributed by atoms with E-state index in [-0.39, 0.29) is 34.0 Å². The topological polar surface area (TPSA) is 27.7 Å². The number of hydrogen-bond donors (Lipinski definition) is 0. The van der Waals surface area contributed by atoms with Crippen LogP contribution in [0.5, 0.6) is 0 Å². The Balaban J connectivity index is 1.81. The van der Waals surface area contributed by atoms with E-state index >= 15 is 0 Å². The molecule has 3 nitrogen and oxygen atoms in total. The number of benzene rings is 2. The van der Waals surface area contributed by atoms with Crippen molar-refractivity contribution in [1.82, 2.24) is 0 Å². The van der Waals surface area contributed by atoms with E-state index < -0.39 is 22.2 Å². The number of ether oxygens (including phenoxy) is 1. The van der Waals surface area contributed by atoms with Gasteiger partial charge in [-0.3, -0.25) is 0 Å². The molecule has 2 unspecified atom stereocenters. The Bertz CT molecular complexity index is 1020. The molecule has 200 valence electrons. The molecule has 2 aromatic carbocycles. The van der Waals surface area contributed by atoms with Crippen molar-refractivity contribution in [2.45, 2.75) is 96.3 Å². The molecule has 0 N–H and O–H groups in total. The van der Waals surface area contributed by atoms with Crippen LogP contribution in [0.15, 0.2) is 60.7 Å². The molecule has 0 amide bonds. The molecule has 2 fully saturated rings. The van der Waals surface area contributed by atoms with Gasteiger partial charge in [0.1, 0.15) is 13.4 Å². The van der Waals surface area contributed by atoms with Gasteiger partial charge < -0.3 is 13.6 Å². The fourth-order valence-electron chi connectivity index (χ4n) is 6.52. The second-order valence-corrected chi connectivity index (χ2v) is 23.1. The van der Waals surface area contributed by atoms with Gasteiger partial charge in [0, 0.05) is 11.9 Å². The van der Waals surface area contributed by atoms with E-state index in [1.165, 1.54) is 10.4 Å². The Morgan fingerprint density at radius 1 is 0.838 bits per heavy atom. The molecule has 37 heavy (non-hydrogen) atoms. The summed E-state index contributed by atoms with van der Waals surface area (Å²) >= 11 is 0. The summed E-state index contributed by atoms with van der Waals surface area (Å²) < 4.78 is 21.4. The summed E-state index contributed by atoms with van der Waals surface area (Å²) in [5.41, 5.74) is -0.563. The summed E-state index contributed by atoms with van der Waals surface area (Å²) in [6, 6.07) is 21.4. The minimum Gasteiger partial charge on any atom is -0.411 e. The zero-order chi connectivity index (χ0) is 27.4. The molecule has 4 rings (SSSR count). The first-order chi connectivity index (χ1) is 17.1. The van der Waals surface area contributed by atoms with Crippen LogP contribution in [0.2, 0.25) is 23.2 Å². The van der Waals surface area contributed by atoms with Crippen molar-refractivity contribution in [3.63, 3.8) is 0 Å². The molecule has 0 spiro atoms. The molecule has 1 saturated heterocycles. The lowest BCUT2D eigenvalue weighted by molar-refractivity contribution is -0.130. The molecule has 0 aromatic heterocycles. The van der Waals surface area contributed by atoms with Crippen LogP contribution in [0, 0.1) is 17.8 Å². The Labute approximate surface area is 229 Å². The Hall–Kier alpha value is -1.18. The highest BCUT2D eigenvalue weighted by Gasteiger charge is 2.68.